The third-order valence-electron chi connectivity index (χ3n) is 4.12. The minimum absolute atomic E-state index is 0.0826. The number of aliphatic carboxylic acids is 1. The van der Waals surface area contributed by atoms with Gasteiger partial charge in [-0.25, -0.2) is 0 Å². The maximum absolute atomic E-state index is 12.4. The summed E-state index contributed by atoms with van der Waals surface area (Å²) in [7, 11) is 0. The van der Waals surface area contributed by atoms with Gasteiger partial charge in [0.1, 0.15) is 0 Å². The van der Waals surface area contributed by atoms with E-state index >= 15 is 0 Å². The number of likely N-dealkylation sites (tertiary alicyclic amines) is 1. The lowest BCUT2D eigenvalue weighted by Crippen LogP contribution is -2.49. The summed E-state index contributed by atoms with van der Waals surface area (Å²) >= 11 is 0. The minimum atomic E-state index is -1.18. The van der Waals surface area contributed by atoms with E-state index in [0.717, 1.165) is 32.4 Å². The largest absolute Gasteiger partial charge is 0.550 e. The average Bonchev–Trinajstić information content (AvgIpc) is 2.99. The summed E-state index contributed by atoms with van der Waals surface area (Å²) in [5.74, 6) is -2.68. The Labute approximate surface area is 105 Å². The van der Waals surface area contributed by atoms with E-state index in [1.54, 1.807) is 17.1 Å². The molecule has 3 heterocycles. The van der Waals surface area contributed by atoms with Crippen molar-refractivity contribution >= 4 is 11.9 Å². The molecule has 0 aliphatic carbocycles. The van der Waals surface area contributed by atoms with Crippen LogP contribution in [0.2, 0.25) is 0 Å². The number of carbonyl (C=O) groups is 2. The Balaban J connectivity index is 1.79. The molecule has 1 amide bonds. The highest BCUT2D eigenvalue weighted by Crippen LogP contribution is 2.40. The number of rotatable bonds is 2. The summed E-state index contributed by atoms with van der Waals surface area (Å²) in [5, 5.41) is 11.2. The van der Waals surface area contributed by atoms with Crippen LogP contribution in [-0.2, 0) is 14.3 Å². The van der Waals surface area contributed by atoms with Gasteiger partial charge in [0.05, 0.1) is 18.1 Å². The highest BCUT2D eigenvalue weighted by atomic mass is 16.5. The van der Waals surface area contributed by atoms with Crippen LogP contribution in [-0.4, -0.2) is 42.1 Å². The molecule has 4 atom stereocenters. The Morgan fingerprint density at radius 2 is 1.67 bits per heavy atom. The first-order valence-electron chi connectivity index (χ1n) is 6.52. The predicted molar refractivity (Wildman–Crippen MR) is 60.2 cm³/mol. The van der Waals surface area contributed by atoms with E-state index < -0.39 is 23.9 Å². The number of fused-ring (bicyclic) bond motifs is 2. The smallest absolute Gasteiger partial charge is 0.229 e. The number of ether oxygens (including phenoxy) is 1. The number of carbonyl (C=O) groups excluding carboxylic acids is 2. The number of carboxylic acids is 1. The molecule has 0 saturated carbocycles. The van der Waals surface area contributed by atoms with Gasteiger partial charge >= 0.3 is 0 Å². The molecule has 98 valence electrons. The summed E-state index contributed by atoms with van der Waals surface area (Å²) in [5.41, 5.74) is 0. The van der Waals surface area contributed by atoms with Gasteiger partial charge in [-0.05, 0) is 19.3 Å². The summed E-state index contributed by atoms with van der Waals surface area (Å²) < 4.78 is 5.49. The molecule has 0 spiro atoms. The van der Waals surface area contributed by atoms with E-state index in [2.05, 4.69) is 0 Å². The molecule has 3 aliphatic rings. The molecule has 0 N–H and O–H groups in total. The third-order valence-corrected chi connectivity index (χ3v) is 4.12. The number of hydrogen-bond acceptors (Lipinski definition) is 4. The van der Waals surface area contributed by atoms with Crippen LogP contribution in [0, 0.1) is 11.8 Å². The second-order valence-corrected chi connectivity index (χ2v) is 5.21. The number of carboxylic acid groups (broad SMARTS) is 1. The molecule has 0 aromatic rings. The maximum Gasteiger partial charge on any atom is 0.229 e. The Morgan fingerprint density at radius 1 is 1.06 bits per heavy atom. The highest BCUT2D eigenvalue weighted by molar-refractivity contribution is 5.86. The van der Waals surface area contributed by atoms with Crippen molar-refractivity contribution in [1.29, 1.82) is 0 Å². The van der Waals surface area contributed by atoms with E-state index in [4.69, 9.17) is 4.74 Å². The summed E-state index contributed by atoms with van der Waals surface area (Å²) in [6.45, 7) is 1.46. The van der Waals surface area contributed by atoms with Crippen LogP contribution < -0.4 is 5.11 Å². The van der Waals surface area contributed by atoms with Crippen LogP contribution in [0.25, 0.3) is 0 Å². The lowest BCUT2D eigenvalue weighted by molar-refractivity contribution is -0.313. The molecule has 3 aliphatic heterocycles. The van der Waals surface area contributed by atoms with Crippen molar-refractivity contribution in [2.75, 3.05) is 13.1 Å². The minimum Gasteiger partial charge on any atom is -0.550 e. The molecule has 2 unspecified atom stereocenters. The fraction of sp³-hybridized carbons (Fsp3) is 0.692. The van der Waals surface area contributed by atoms with Crippen LogP contribution in [0.1, 0.15) is 19.3 Å². The van der Waals surface area contributed by atoms with Crippen LogP contribution in [0.4, 0.5) is 0 Å². The number of amides is 1. The van der Waals surface area contributed by atoms with Crippen molar-refractivity contribution in [2.45, 2.75) is 31.5 Å². The van der Waals surface area contributed by atoms with Crippen molar-refractivity contribution in [3.8, 4) is 0 Å². The second-order valence-electron chi connectivity index (χ2n) is 5.21. The Morgan fingerprint density at radius 3 is 2.28 bits per heavy atom. The molecule has 2 fully saturated rings. The molecule has 0 aromatic carbocycles. The fourth-order valence-electron chi connectivity index (χ4n) is 3.21. The molecular formula is C13H16NO4-. The lowest BCUT2D eigenvalue weighted by Gasteiger charge is -2.33. The SMILES string of the molecule is O=C([O-])C1C(C(=O)N2CCCCC2)[C@@H]2C=C[C@H]1O2. The zero-order chi connectivity index (χ0) is 12.7. The van der Waals surface area contributed by atoms with Gasteiger partial charge in [-0.1, -0.05) is 12.2 Å². The van der Waals surface area contributed by atoms with E-state index in [-0.39, 0.29) is 12.0 Å². The quantitative estimate of drug-likeness (QED) is 0.609. The molecule has 0 aromatic heterocycles. The standard InChI is InChI=1S/C13H17NO4/c15-12(14-6-2-1-3-7-14)10-8-4-5-9(18-8)11(10)13(16)17/h4-5,8-11H,1-3,6-7H2,(H,16,17)/p-1/t8-,9+,10?,11?/m0/s1. The van der Waals surface area contributed by atoms with Gasteiger partial charge in [0, 0.05) is 25.0 Å². The predicted octanol–water partition coefficient (Wildman–Crippen LogP) is -0.682. The first kappa shape index (κ1) is 11.7. The molecule has 5 heteroatoms. The Kier molecular flexibility index (Phi) is 2.86. The fourth-order valence-corrected chi connectivity index (χ4v) is 3.21. The Bertz CT molecular complexity index is 400. The summed E-state index contributed by atoms with van der Waals surface area (Å²) in [6.07, 6.45) is 5.80. The molecule has 2 saturated heterocycles. The van der Waals surface area contributed by atoms with E-state index in [9.17, 15) is 14.7 Å². The van der Waals surface area contributed by atoms with Gasteiger partial charge in [0.2, 0.25) is 5.91 Å². The van der Waals surface area contributed by atoms with Gasteiger partial charge in [0.25, 0.3) is 0 Å². The van der Waals surface area contributed by atoms with Gasteiger partial charge < -0.3 is 19.5 Å². The van der Waals surface area contributed by atoms with Crippen LogP contribution in [0.15, 0.2) is 12.2 Å². The first-order valence-corrected chi connectivity index (χ1v) is 6.52. The van der Waals surface area contributed by atoms with E-state index in [1.165, 1.54) is 0 Å². The summed E-state index contributed by atoms with van der Waals surface area (Å²) in [6, 6.07) is 0. The number of hydrogen-bond donors (Lipinski definition) is 0. The first-order chi connectivity index (χ1) is 8.68. The van der Waals surface area contributed by atoms with Crippen LogP contribution >= 0.6 is 0 Å². The highest BCUT2D eigenvalue weighted by Gasteiger charge is 2.51. The average molecular weight is 250 g/mol. The number of nitrogens with zero attached hydrogens (tertiary/aromatic N) is 1. The van der Waals surface area contributed by atoms with Gasteiger partial charge in [-0.3, -0.25) is 4.79 Å². The summed E-state index contributed by atoms with van der Waals surface area (Å²) in [4.78, 5) is 25.4. The normalized spacial score (nSPS) is 38.1. The zero-order valence-corrected chi connectivity index (χ0v) is 10.1. The van der Waals surface area contributed by atoms with Crippen molar-refractivity contribution in [3.63, 3.8) is 0 Å². The third kappa shape index (κ3) is 1.73. The zero-order valence-electron chi connectivity index (χ0n) is 10.1. The Hall–Kier alpha value is -1.36. The molecule has 3 rings (SSSR count). The second kappa shape index (κ2) is 4.39. The lowest BCUT2D eigenvalue weighted by atomic mass is 9.82. The van der Waals surface area contributed by atoms with Crippen molar-refractivity contribution < 1.29 is 19.4 Å². The van der Waals surface area contributed by atoms with Gasteiger partial charge in [0.15, 0.2) is 0 Å². The van der Waals surface area contributed by atoms with Crippen LogP contribution in [0.3, 0.4) is 0 Å². The molecule has 0 radical (unpaired) electrons. The van der Waals surface area contributed by atoms with Crippen molar-refractivity contribution in [3.05, 3.63) is 12.2 Å². The molecular weight excluding hydrogens is 234 g/mol. The van der Waals surface area contributed by atoms with Gasteiger partial charge in [-0.2, -0.15) is 0 Å². The van der Waals surface area contributed by atoms with Crippen molar-refractivity contribution in [2.24, 2.45) is 11.8 Å². The van der Waals surface area contributed by atoms with E-state index in [1.807, 2.05) is 0 Å². The van der Waals surface area contributed by atoms with Crippen LogP contribution in [0.5, 0.6) is 0 Å². The topological polar surface area (TPSA) is 69.7 Å². The number of piperidine rings is 1. The monoisotopic (exact) mass is 250 g/mol. The molecule has 5 nitrogen and oxygen atoms in total. The molecule has 18 heavy (non-hydrogen) atoms. The van der Waals surface area contributed by atoms with Crippen molar-refractivity contribution in [1.82, 2.24) is 4.90 Å². The molecule has 2 bridgehead atoms. The maximum atomic E-state index is 12.4. The van der Waals surface area contributed by atoms with E-state index in [0.29, 0.717) is 0 Å². The van der Waals surface area contributed by atoms with Gasteiger partial charge in [-0.15, -0.1) is 0 Å².